The number of carbonyl (C=O) groups excluding carboxylic acids is 1. The molecule has 1 amide bonds. The van der Waals surface area contributed by atoms with E-state index in [0.717, 1.165) is 62.9 Å². The molecule has 220 valence electrons. The summed E-state index contributed by atoms with van der Waals surface area (Å²) in [5.74, 6) is 1.26. The van der Waals surface area contributed by atoms with Crippen LogP contribution < -0.4 is 14.4 Å². The molecule has 0 spiro atoms. The summed E-state index contributed by atoms with van der Waals surface area (Å²) in [5.41, 5.74) is 4.73. The fraction of sp³-hybridized carbons (Fsp3) is 0.257. The number of nitrogens with one attached hydrogen (secondary N) is 1. The number of fused-ring (bicyclic) bond motifs is 2. The second kappa shape index (κ2) is 12.5. The van der Waals surface area contributed by atoms with E-state index in [1.54, 1.807) is 0 Å². The van der Waals surface area contributed by atoms with Crippen molar-refractivity contribution >= 4 is 39.4 Å². The molecule has 6 rings (SSSR count). The molecule has 2 heterocycles. The minimum Gasteiger partial charge on any atom is -0.493 e. The summed E-state index contributed by atoms with van der Waals surface area (Å²) >= 11 is 0. The van der Waals surface area contributed by atoms with E-state index in [1.165, 1.54) is 0 Å². The number of rotatable bonds is 9. The molecule has 0 saturated carbocycles. The highest BCUT2D eigenvalue weighted by Crippen LogP contribution is 2.39. The number of aromatic nitrogens is 1. The Balaban J connectivity index is 1.27. The number of carbonyl (C=O) groups is 2. The Labute approximate surface area is 250 Å². The number of anilines is 1. The SMILES string of the molecule is CCC(=O)N1CCN(c2ccccc2-c2cccc3c(CCCOc4cccc5ccccc45)c(OC(=O)O)[nH]c23)CC1. The van der Waals surface area contributed by atoms with Gasteiger partial charge in [-0.25, -0.2) is 4.79 Å². The molecule has 1 aromatic heterocycles. The number of H-pyrrole nitrogens is 1. The number of piperazine rings is 1. The Morgan fingerprint density at radius 3 is 2.35 bits per heavy atom. The van der Waals surface area contributed by atoms with Crippen molar-refractivity contribution in [3.63, 3.8) is 0 Å². The third-order valence-corrected chi connectivity index (χ3v) is 8.14. The Morgan fingerprint density at radius 1 is 0.837 bits per heavy atom. The van der Waals surface area contributed by atoms with E-state index in [0.29, 0.717) is 39.0 Å². The van der Waals surface area contributed by atoms with Crippen LogP contribution in [-0.2, 0) is 11.2 Å². The molecule has 2 N–H and O–H groups in total. The zero-order valence-corrected chi connectivity index (χ0v) is 24.2. The van der Waals surface area contributed by atoms with Crippen molar-refractivity contribution in [2.75, 3.05) is 37.7 Å². The molecule has 1 aliphatic heterocycles. The number of benzene rings is 4. The molecule has 8 heteroatoms. The highest BCUT2D eigenvalue weighted by molar-refractivity contribution is 6.00. The molecular formula is C35H35N3O5. The van der Waals surface area contributed by atoms with Gasteiger partial charge >= 0.3 is 6.16 Å². The van der Waals surface area contributed by atoms with Gasteiger partial charge in [0.2, 0.25) is 11.8 Å². The lowest BCUT2D eigenvalue weighted by Gasteiger charge is -2.37. The van der Waals surface area contributed by atoms with Crippen molar-refractivity contribution in [2.24, 2.45) is 0 Å². The zero-order valence-electron chi connectivity index (χ0n) is 24.2. The Kier molecular flexibility index (Phi) is 8.18. The highest BCUT2D eigenvalue weighted by Gasteiger charge is 2.24. The van der Waals surface area contributed by atoms with Gasteiger partial charge in [0, 0.05) is 65.8 Å². The Morgan fingerprint density at radius 2 is 1.53 bits per heavy atom. The maximum Gasteiger partial charge on any atom is 0.512 e. The van der Waals surface area contributed by atoms with E-state index in [9.17, 15) is 14.7 Å². The molecular weight excluding hydrogens is 542 g/mol. The Hall–Kier alpha value is -4.98. The van der Waals surface area contributed by atoms with Gasteiger partial charge in [-0.05, 0) is 30.4 Å². The van der Waals surface area contributed by atoms with Gasteiger partial charge in [0.1, 0.15) is 5.75 Å². The summed E-state index contributed by atoms with van der Waals surface area (Å²) in [6, 6.07) is 28.4. The molecule has 1 saturated heterocycles. The van der Waals surface area contributed by atoms with E-state index >= 15 is 0 Å². The summed E-state index contributed by atoms with van der Waals surface area (Å²) in [6.45, 7) is 5.25. The van der Waals surface area contributed by atoms with Crippen LogP contribution in [0.4, 0.5) is 10.5 Å². The lowest BCUT2D eigenvalue weighted by atomic mass is 9.98. The average molecular weight is 578 g/mol. The molecule has 0 unspecified atom stereocenters. The highest BCUT2D eigenvalue weighted by atomic mass is 16.7. The van der Waals surface area contributed by atoms with Crippen LogP contribution >= 0.6 is 0 Å². The number of para-hydroxylation sites is 2. The first-order chi connectivity index (χ1) is 21.0. The molecule has 5 aromatic rings. The number of aryl methyl sites for hydroxylation is 1. The number of hydrogen-bond acceptors (Lipinski definition) is 5. The van der Waals surface area contributed by atoms with Crippen LogP contribution in [0.15, 0.2) is 84.9 Å². The summed E-state index contributed by atoms with van der Waals surface area (Å²) in [7, 11) is 0. The topological polar surface area (TPSA) is 95.1 Å². The number of aromatic amines is 1. The predicted octanol–water partition coefficient (Wildman–Crippen LogP) is 7.12. The lowest BCUT2D eigenvalue weighted by Crippen LogP contribution is -2.48. The minimum absolute atomic E-state index is 0.185. The molecule has 0 radical (unpaired) electrons. The quantitative estimate of drug-likeness (QED) is 0.143. The van der Waals surface area contributed by atoms with E-state index in [4.69, 9.17) is 9.47 Å². The second-order valence-electron chi connectivity index (χ2n) is 10.7. The van der Waals surface area contributed by atoms with Gasteiger partial charge in [0.25, 0.3) is 0 Å². The summed E-state index contributed by atoms with van der Waals surface area (Å²) < 4.78 is 11.4. The van der Waals surface area contributed by atoms with Crippen LogP contribution in [0.25, 0.3) is 32.8 Å². The van der Waals surface area contributed by atoms with Gasteiger partial charge in [0.15, 0.2) is 0 Å². The van der Waals surface area contributed by atoms with Crippen LogP contribution in [0.1, 0.15) is 25.3 Å². The summed E-state index contributed by atoms with van der Waals surface area (Å²) in [6.07, 6.45) is 0.407. The maximum absolute atomic E-state index is 12.2. The van der Waals surface area contributed by atoms with Crippen LogP contribution in [0, 0.1) is 0 Å². The van der Waals surface area contributed by atoms with Crippen LogP contribution in [0.2, 0.25) is 0 Å². The van der Waals surface area contributed by atoms with Gasteiger partial charge in [-0.15, -0.1) is 0 Å². The van der Waals surface area contributed by atoms with Crippen molar-refractivity contribution in [3.8, 4) is 22.8 Å². The van der Waals surface area contributed by atoms with E-state index < -0.39 is 6.16 Å². The molecule has 0 atom stereocenters. The van der Waals surface area contributed by atoms with Gasteiger partial charge in [-0.2, -0.15) is 0 Å². The fourth-order valence-electron chi connectivity index (χ4n) is 6.05. The second-order valence-corrected chi connectivity index (χ2v) is 10.7. The number of amides is 1. The zero-order chi connectivity index (χ0) is 29.8. The van der Waals surface area contributed by atoms with E-state index in [2.05, 4.69) is 34.1 Å². The van der Waals surface area contributed by atoms with Crippen molar-refractivity contribution in [2.45, 2.75) is 26.2 Å². The summed E-state index contributed by atoms with van der Waals surface area (Å²) in [5, 5.41) is 12.6. The Bertz CT molecular complexity index is 1770. The minimum atomic E-state index is -1.36. The number of carboxylic acid groups (broad SMARTS) is 1. The van der Waals surface area contributed by atoms with E-state index in [1.807, 2.05) is 72.5 Å². The maximum atomic E-state index is 12.2. The number of hydrogen-bond donors (Lipinski definition) is 2. The first-order valence-electron chi connectivity index (χ1n) is 14.8. The summed E-state index contributed by atoms with van der Waals surface area (Å²) in [4.78, 5) is 31.4. The first kappa shape index (κ1) is 28.2. The monoisotopic (exact) mass is 577 g/mol. The lowest BCUT2D eigenvalue weighted by molar-refractivity contribution is -0.131. The van der Waals surface area contributed by atoms with Crippen LogP contribution in [0.5, 0.6) is 11.6 Å². The third kappa shape index (κ3) is 5.86. The smallest absolute Gasteiger partial charge is 0.493 e. The molecule has 1 aliphatic rings. The van der Waals surface area contributed by atoms with Crippen LogP contribution in [0.3, 0.4) is 0 Å². The largest absolute Gasteiger partial charge is 0.512 e. The van der Waals surface area contributed by atoms with Crippen molar-refractivity contribution < 1.29 is 24.2 Å². The molecule has 0 bridgehead atoms. The molecule has 0 aliphatic carbocycles. The normalized spacial score (nSPS) is 13.4. The number of nitrogens with zero attached hydrogens (tertiary/aromatic N) is 2. The third-order valence-electron chi connectivity index (χ3n) is 8.14. The molecule has 8 nitrogen and oxygen atoms in total. The number of ether oxygens (including phenoxy) is 2. The van der Waals surface area contributed by atoms with Gasteiger partial charge in [-0.3, -0.25) is 4.79 Å². The van der Waals surface area contributed by atoms with Gasteiger partial charge < -0.3 is 29.4 Å². The average Bonchev–Trinajstić information content (AvgIpc) is 3.39. The standard InChI is InChI=1S/C35H35N3O5/c1-2-32(39)38-21-19-37(20-22-38)30-17-6-5-13-26(30)27-14-8-15-28-29(34(36-33(27)28)43-35(40)41)16-9-23-42-31-18-7-11-24-10-3-4-12-25(24)31/h3-8,10-15,17-18,36H,2,9,16,19-23H2,1H3,(H,40,41). The van der Waals surface area contributed by atoms with Crippen molar-refractivity contribution in [3.05, 3.63) is 90.5 Å². The van der Waals surface area contributed by atoms with Crippen LogP contribution in [-0.4, -0.2) is 59.8 Å². The first-order valence-corrected chi connectivity index (χ1v) is 14.8. The predicted molar refractivity (Wildman–Crippen MR) is 169 cm³/mol. The molecule has 4 aromatic carbocycles. The van der Waals surface area contributed by atoms with Gasteiger partial charge in [0.05, 0.1) is 12.1 Å². The molecule has 43 heavy (non-hydrogen) atoms. The van der Waals surface area contributed by atoms with E-state index in [-0.39, 0.29) is 11.8 Å². The fourth-order valence-corrected chi connectivity index (χ4v) is 6.05. The van der Waals surface area contributed by atoms with Crippen molar-refractivity contribution in [1.29, 1.82) is 0 Å². The van der Waals surface area contributed by atoms with Gasteiger partial charge in [-0.1, -0.05) is 79.7 Å². The van der Waals surface area contributed by atoms with Crippen molar-refractivity contribution in [1.82, 2.24) is 9.88 Å². The molecule has 1 fully saturated rings.